The van der Waals surface area contributed by atoms with Crippen LogP contribution in [0.5, 0.6) is 0 Å². The summed E-state index contributed by atoms with van der Waals surface area (Å²) in [7, 11) is 5.98. The van der Waals surface area contributed by atoms with E-state index in [0.717, 1.165) is 29.9 Å². The van der Waals surface area contributed by atoms with E-state index in [2.05, 4.69) is 56.8 Å². The molecule has 0 spiro atoms. The number of hydrogen-bond acceptors (Lipinski definition) is 4. The van der Waals surface area contributed by atoms with E-state index in [1.165, 1.54) is 11.9 Å². The number of benzene rings is 1. The van der Waals surface area contributed by atoms with Crippen LogP contribution in [-0.2, 0) is 13.6 Å². The van der Waals surface area contributed by atoms with Crippen molar-refractivity contribution in [2.75, 3.05) is 27.2 Å². The second kappa shape index (κ2) is 9.39. The van der Waals surface area contributed by atoms with Gasteiger partial charge in [-0.2, -0.15) is 5.10 Å². The molecule has 25 heavy (non-hydrogen) atoms. The van der Waals surface area contributed by atoms with Crippen LogP contribution in [0, 0.1) is 0 Å². The Labute approximate surface area is 154 Å². The molecule has 0 aliphatic carbocycles. The van der Waals surface area contributed by atoms with Gasteiger partial charge in [-0.3, -0.25) is 4.68 Å². The molecule has 1 aromatic carbocycles. The van der Waals surface area contributed by atoms with Crippen LogP contribution in [0.4, 0.5) is 0 Å². The number of aliphatic imine (C=N–C) groups is 1. The van der Waals surface area contributed by atoms with Gasteiger partial charge in [0.15, 0.2) is 5.96 Å². The van der Waals surface area contributed by atoms with Crippen LogP contribution in [0.3, 0.4) is 0 Å². The molecule has 1 aromatic heterocycles. The van der Waals surface area contributed by atoms with Gasteiger partial charge >= 0.3 is 0 Å². The maximum Gasteiger partial charge on any atom is 0.191 e. The van der Waals surface area contributed by atoms with Gasteiger partial charge in [0, 0.05) is 25.2 Å². The molecule has 7 nitrogen and oxygen atoms in total. The SMILES string of the molecule is CCNC(=NCc1ncnn1C)NCC(c1ccc(Cl)cc1)N(C)C. The summed E-state index contributed by atoms with van der Waals surface area (Å²) in [5.74, 6) is 1.57. The van der Waals surface area contributed by atoms with E-state index in [0.29, 0.717) is 6.54 Å². The summed E-state index contributed by atoms with van der Waals surface area (Å²) in [5, 5.41) is 11.5. The first-order valence-electron chi connectivity index (χ1n) is 8.28. The number of aryl methyl sites for hydroxylation is 1. The number of hydrogen-bond donors (Lipinski definition) is 2. The molecule has 1 heterocycles. The molecule has 2 N–H and O–H groups in total. The van der Waals surface area contributed by atoms with Gasteiger partial charge in [-0.05, 0) is 38.7 Å². The molecule has 0 saturated heterocycles. The van der Waals surface area contributed by atoms with Crippen LogP contribution in [0.1, 0.15) is 24.4 Å². The van der Waals surface area contributed by atoms with Crippen molar-refractivity contribution in [2.24, 2.45) is 12.0 Å². The van der Waals surface area contributed by atoms with Crippen LogP contribution in [0.2, 0.25) is 5.02 Å². The lowest BCUT2D eigenvalue weighted by molar-refractivity contribution is 0.298. The molecule has 0 saturated carbocycles. The fraction of sp³-hybridized carbons (Fsp3) is 0.471. The summed E-state index contributed by atoms with van der Waals surface area (Å²) >= 11 is 6.00. The van der Waals surface area contributed by atoms with Crippen LogP contribution in [0.15, 0.2) is 35.6 Å². The Hall–Kier alpha value is -2.12. The highest BCUT2D eigenvalue weighted by atomic mass is 35.5. The van der Waals surface area contributed by atoms with Crippen molar-refractivity contribution in [3.8, 4) is 0 Å². The third kappa shape index (κ3) is 5.72. The van der Waals surface area contributed by atoms with E-state index in [-0.39, 0.29) is 6.04 Å². The Balaban J connectivity index is 2.04. The van der Waals surface area contributed by atoms with Gasteiger partial charge < -0.3 is 15.5 Å². The molecule has 0 fully saturated rings. The second-order valence-electron chi connectivity index (χ2n) is 5.91. The van der Waals surface area contributed by atoms with Gasteiger partial charge in [-0.15, -0.1) is 0 Å². The number of likely N-dealkylation sites (N-methyl/N-ethyl adjacent to an activating group) is 1. The molecule has 136 valence electrons. The van der Waals surface area contributed by atoms with Crippen LogP contribution in [0.25, 0.3) is 0 Å². The van der Waals surface area contributed by atoms with Gasteiger partial charge in [0.1, 0.15) is 18.7 Å². The molecule has 1 atom stereocenters. The second-order valence-corrected chi connectivity index (χ2v) is 6.34. The first-order chi connectivity index (χ1) is 12.0. The Morgan fingerprint density at radius 2 is 2.00 bits per heavy atom. The highest BCUT2D eigenvalue weighted by molar-refractivity contribution is 6.30. The quantitative estimate of drug-likeness (QED) is 0.580. The normalized spacial score (nSPS) is 13.1. The Kier molecular flexibility index (Phi) is 7.21. The third-order valence-electron chi connectivity index (χ3n) is 3.87. The van der Waals surface area contributed by atoms with Crippen molar-refractivity contribution in [1.29, 1.82) is 0 Å². The number of rotatable bonds is 7. The van der Waals surface area contributed by atoms with Crippen LogP contribution >= 0.6 is 11.6 Å². The van der Waals surface area contributed by atoms with Crippen LogP contribution < -0.4 is 10.6 Å². The van der Waals surface area contributed by atoms with Crippen molar-refractivity contribution < 1.29 is 0 Å². The molecule has 2 aromatic rings. The predicted octanol–water partition coefficient (Wildman–Crippen LogP) is 1.83. The van der Waals surface area contributed by atoms with Crippen LogP contribution in [-0.4, -0.2) is 52.8 Å². The minimum absolute atomic E-state index is 0.205. The zero-order valence-corrected chi connectivity index (χ0v) is 16.0. The van der Waals surface area contributed by atoms with Gasteiger partial charge in [-0.1, -0.05) is 23.7 Å². The molecule has 0 radical (unpaired) electrons. The molecular formula is C17H26ClN7. The summed E-state index contributed by atoms with van der Waals surface area (Å²) in [6.07, 6.45) is 1.54. The minimum Gasteiger partial charge on any atom is -0.357 e. The number of nitrogens with zero attached hydrogens (tertiary/aromatic N) is 5. The first-order valence-corrected chi connectivity index (χ1v) is 8.66. The molecule has 8 heteroatoms. The maximum atomic E-state index is 6.00. The first kappa shape index (κ1) is 19.2. The zero-order valence-electron chi connectivity index (χ0n) is 15.2. The van der Waals surface area contributed by atoms with E-state index < -0.39 is 0 Å². The number of halogens is 1. The zero-order chi connectivity index (χ0) is 18.2. The van der Waals surface area contributed by atoms with Gasteiger partial charge in [0.25, 0.3) is 0 Å². The van der Waals surface area contributed by atoms with Gasteiger partial charge in [-0.25, -0.2) is 9.98 Å². The molecule has 2 rings (SSSR count). The Bertz CT molecular complexity index is 679. The lowest BCUT2D eigenvalue weighted by Crippen LogP contribution is -2.41. The van der Waals surface area contributed by atoms with E-state index in [1.807, 2.05) is 26.1 Å². The molecule has 0 bridgehead atoms. The fourth-order valence-corrected chi connectivity index (χ4v) is 2.56. The molecule has 0 aliphatic heterocycles. The van der Waals surface area contributed by atoms with E-state index in [1.54, 1.807) is 4.68 Å². The van der Waals surface area contributed by atoms with Gasteiger partial charge in [0.05, 0.1) is 6.04 Å². The summed E-state index contributed by atoms with van der Waals surface area (Å²) in [5.41, 5.74) is 1.20. The molecule has 1 unspecified atom stereocenters. The Morgan fingerprint density at radius 3 is 2.56 bits per heavy atom. The topological polar surface area (TPSA) is 70.4 Å². The predicted molar refractivity (Wildman–Crippen MR) is 102 cm³/mol. The summed E-state index contributed by atoms with van der Waals surface area (Å²) in [4.78, 5) is 11.0. The maximum absolute atomic E-state index is 6.00. The average Bonchev–Trinajstić information content (AvgIpc) is 2.99. The van der Waals surface area contributed by atoms with Crippen molar-refractivity contribution in [2.45, 2.75) is 19.5 Å². The summed E-state index contributed by atoms with van der Waals surface area (Å²) < 4.78 is 1.73. The van der Waals surface area contributed by atoms with Crippen molar-refractivity contribution in [3.05, 3.63) is 47.0 Å². The van der Waals surface area contributed by atoms with Crippen molar-refractivity contribution >= 4 is 17.6 Å². The third-order valence-corrected chi connectivity index (χ3v) is 4.12. The highest BCUT2D eigenvalue weighted by Gasteiger charge is 2.14. The smallest absolute Gasteiger partial charge is 0.191 e. The number of nitrogens with one attached hydrogen (secondary N) is 2. The molecular weight excluding hydrogens is 338 g/mol. The summed E-state index contributed by atoms with van der Waals surface area (Å²) in [6.45, 7) is 4.03. The van der Waals surface area contributed by atoms with Crippen molar-refractivity contribution in [1.82, 2.24) is 30.3 Å². The van der Waals surface area contributed by atoms with Gasteiger partial charge in [0.2, 0.25) is 0 Å². The minimum atomic E-state index is 0.205. The van der Waals surface area contributed by atoms with E-state index >= 15 is 0 Å². The van der Waals surface area contributed by atoms with E-state index in [9.17, 15) is 0 Å². The largest absolute Gasteiger partial charge is 0.357 e. The highest BCUT2D eigenvalue weighted by Crippen LogP contribution is 2.19. The molecule has 0 aliphatic rings. The standard InChI is InChI=1S/C17H26ClN7/c1-5-19-17(21-11-16-22-12-23-25(16)4)20-10-15(24(2)3)13-6-8-14(18)9-7-13/h6-9,12,15H,5,10-11H2,1-4H3,(H2,19,20,21). The lowest BCUT2D eigenvalue weighted by atomic mass is 10.1. The fourth-order valence-electron chi connectivity index (χ4n) is 2.43. The lowest BCUT2D eigenvalue weighted by Gasteiger charge is -2.26. The number of guanidine groups is 1. The summed E-state index contributed by atoms with van der Waals surface area (Å²) in [6, 6.07) is 8.15. The average molecular weight is 364 g/mol. The van der Waals surface area contributed by atoms with Crippen molar-refractivity contribution in [3.63, 3.8) is 0 Å². The Morgan fingerprint density at radius 1 is 1.28 bits per heavy atom. The number of aromatic nitrogens is 3. The molecule has 0 amide bonds. The van der Waals surface area contributed by atoms with E-state index in [4.69, 9.17) is 11.6 Å². The monoisotopic (exact) mass is 363 g/mol.